The summed E-state index contributed by atoms with van der Waals surface area (Å²) < 4.78 is 39.6. The molecule has 4 aromatic rings. The molecule has 0 spiro atoms. The Morgan fingerprint density at radius 2 is 1.67 bits per heavy atom. The van der Waals surface area contributed by atoms with Gasteiger partial charge in [-0.2, -0.15) is 4.99 Å². The Balaban J connectivity index is 1.48. The molecule has 1 aliphatic rings. The van der Waals surface area contributed by atoms with Gasteiger partial charge in [-0.1, -0.05) is 29.5 Å². The highest BCUT2D eigenvalue weighted by Gasteiger charge is 2.30. The number of rotatable bonds is 6. The van der Waals surface area contributed by atoms with Crippen LogP contribution in [0.15, 0.2) is 76.6 Å². The van der Waals surface area contributed by atoms with Crippen molar-refractivity contribution in [2.45, 2.75) is 17.9 Å². The summed E-state index contributed by atoms with van der Waals surface area (Å²) in [6, 6.07) is 17.7. The first-order chi connectivity index (χ1) is 18.7. The molecule has 12 heteroatoms. The van der Waals surface area contributed by atoms with E-state index in [-0.39, 0.29) is 21.8 Å². The Hall–Kier alpha value is -4.29. The van der Waals surface area contributed by atoms with Gasteiger partial charge in [0.25, 0.3) is 15.9 Å². The van der Waals surface area contributed by atoms with E-state index in [0.29, 0.717) is 34.4 Å². The Kier molecular flexibility index (Phi) is 7.06. The quantitative estimate of drug-likeness (QED) is 0.329. The summed E-state index contributed by atoms with van der Waals surface area (Å²) in [5.41, 5.74) is 2.69. The molecule has 2 heterocycles. The first-order valence-electron chi connectivity index (χ1n) is 11.8. The zero-order valence-corrected chi connectivity index (χ0v) is 22.6. The molecular weight excluding hydrogens is 542 g/mol. The Labute approximate surface area is 227 Å². The van der Waals surface area contributed by atoms with Crippen molar-refractivity contribution in [1.29, 1.82) is 0 Å². The van der Waals surface area contributed by atoms with E-state index in [1.807, 2.05) is 12.1 Å². The number of amides is 1. The summed E-state index contributed by atoms with van der Waals surface area (Å²) in [5, 5.41) is 0. The summed E-state index contributed by atoms with van der Waals surface area (Å²) in [7, 11) is -1.28. The third kappa shape index (κ3) is 4.95. The number of ether oxygens (including phenoxy) is 2. The topological polar surface area (TPSA) is 124 Å². The number of anilines is 1. The largest absolute Gasteiger partial charge is 0.468 e. The van der Waals surface area contributed by atoms with E-state index in [0.717, 1.165) is 16.9 Å². The number of esters is 2. The number of sulfonamides is 1. The minimum atomic E-state index is -3.81. The molecule has 1 amide bonds. The Morgan fingerprint density at radius 1 is 0.949 bits per heavy atom. The lowest BCUT2D eigenvalue weighted by Crippen LogP contribution is -2.29. The molecule has 0 bridgehead atoms. The molecule has 0 saturated heterocycles. The van der Waals surface area contributed by atoms with Crippen molar-refractivity contribution in [3.63, 3.8) is 0 Å². The van der Waals surface area contributed by atoms with E-state index in [2.05, 4.69) is 4.99 Å². The zero-order chi connectivity index (χ0) is 27.7. The molecular formula is C27H23N3O7S2. The van der Waals surface area contributed by atoms with Crippen LogP contribution < -0.4 is 9.11 Å². The number of aromatic nitrogens is 1. The van der Waals surface area contributed by atoms with Crippen molar-refractivity contribution in [1.82, 2.24) is 4.57 Å². The molecule has 3 aromatic carbocycles. The number of hydrogen-bond donors (Lipinski definition) is 0. The van der Waals surface area contributed by atoms with Gasteiger partial charge in [0.1, 0.15) is 6.54 Å². The molecule has 0 radical (unpaired) electrons. The highest BCUT2D eigenvalue weighted by atomic mass is 32.2. The second-order valence-corrected chi connectivity index (χ2v) is 11.5. The van der Waals surface area contributed by atoms with Gasteiger partial charge in [0.15, 0.2) is 4.80 Å². The van der Waals surface area contributed by atoms with Crippen LogP contribution in [0.1, 0.15) is 26.3 Å². The fraction of sp³-hybridized carbons (Fsp3) is 0.185. The number of nitrogens with zero attached hydrogens (tertiary/aromatic N) is 3. The molecule has 5 rings (SSSR count). The van der Waals surface area contributed by atoms with Crippen LogP contribution in [0.5, 0.6) is 0 Å². The van der Waals surface area contributed by atoms with Crippen molar-refractivity contribution >= 4 is 55.1 Å². The van der Waals surface area contributed by atoms with E-state index in [1.165, 1.54) is 47.4 Å². The van der Waals surface area contributed by atoms with Gasteiger partial charge in [0, 0.05) is 12.1 Å². The summed E-state index contributed by atoms with van der Waals surface area (Å²) in [6.45, 7) is 0.149. The van der Waals surface area contributed by atoms with Gasteiger partial charge in [-0.3, -0.25) is 13.9 Å². The Morgan fingerprint density at radius 3 is 2.38 bits per heavy atom. The molecule has 0 fully saturated rings. The van der Waals surface area contributed by atoms with Crippen LogP contribution in [-0.4, -0.2) is 51.6 Å². The van der Waals surface area contributed by atoms with Gasteiger partial charge in [-0.05, 0) is 60.5 Å². The number of thiazole rings is 1. The number of carbonyl (C=O) groups is 3. The SMILES string of the molecule is COC(=O)Cn1c(=NC(=O)c2ccc(S(=O)(=O)N3CCc4ccccc43)cc2)sc2cc(C(=O)OC)ccc21. The van der Waals surface area contributed by atoms with E-state index in [4.69, 9.17) is 9.47 Å². The van der Waals surface area contributed by atoms with E-state index in [9.17, 15) is 22.8 Å². The predicted octanol–water partition coefficient (Wildman–Crippen LogP) is 3.15. The third-order valence-electron chi connectivity index (χ3n) is 6.35. The standard InChI is InChI=1S/C27H23N3O7S2/c1-36-24(31)16-29-22-12-9-19(26(33)37-2)15-23(22)38-27(29)28-25(32)18-7-10-20(11-8-18)39(34,35)30-14-13-17-5-3-4-6-21(17)30/h3-12,15H,13-14,16H2,1-2H3. The fourth-order valence-electron chi connectivity index (χ4n) is 4.36. The van der Waals surface area contributed by atoms with Gasteiger partial charge in [0.05, 0.1) is 40.6 Å². The summed E-state index contributed by atoms with van der Waals surface area (Å²) in [6.07, 6.45) is 0.632. The number of hydrogen-bond acceptors (Lipinski definition) is 8. The zero-order valence-electron chi connectivity index (χ0n) is 21.0. The maximum Gasteiger partial charge on any atom is 0.337 e. The van der Waals surface area contributed by atoms with Crippen molar-refractivity contribution < 1.29 is 32.3 Å². The Bertz CT molecular complexity index is 1790. The minimum Gasteiger partial charge on any atom is -0.468 e. The van der Waals surface area contributed by atoms with E-state index >= 15 is 0 Å². The van der Waals surface area contributed by atoms with E-state index < -0.39 is 27.9 Å². The lowest BCUT2D eigenvalue weighted by Gasteiger charge is -2.19. The predicted molar refractivity (Wildman–Crippen MR) is 144 cm³/mol. The molecule has 0 atom stereocenters. The molecule has 39 heavy (non-hydrogen) atoms. The van der Waals surface area contributed by atoms with Crippen LogP contribution in [-0.2, 0) is 37.3 Å². The molecule has 0 unspecified atom stereocenters. The van der Waals surface area contributed by atoms with Gasteiger partial charge in [-0.25, -0.2) is 13.2 Å². The van der Waals surface area contributed by atoms with Gasteiger partial charge in [0.2, 0.25) is 0 Å². The van der Waals surface area contributed by atoms with Crippen molar-refractivity contribution in [3.8, 4) is 0 Å². The molecule has 10 nitrogen and oxygen atoms in total. The van der Waals surface area contributed by atoms with Crippen molar-refractivity contribution in [3.05, 3.63) is 88.2 Å². The maximum atomic E-state index is 13.3. The molecule has 0 N–H and O–H groups in total. The average molecular weight is 566 g/mol. The monoisotopic (exact) mass is 565 g/mol. The number of para-hydroxylation sites is 1. The molecule has 1 aliphatic heterocycles. The van der Waals surface area contributed by atoms with Gasteiger partial charge in [-0.15, -0.1) is 0 Å². The van der Waals surface area contributed by atoms with Crippen LogP contribution in [0.3, 0.4) is 0 Å². The summed E-state index contributed by atoms with van der Waals surface area (Å²) in [4.78, 5) is 41.6. The van der Waals surface area contributed by atoms with Crippen LogP contribution in [0.25, 0.3) is 10.2 Å². The lowest BCUT2D eigenvalue weighted by molar-refractivity contribution is -0.141. The van der Waals surface area contributed by atoms with Crippen molar-refractivity contribution in [2.75, 3.05) is 25.1 Å². The minimum absolute atomic E-state index is 0.0636. The fourth-order valence-corrected chi connectivity index (χ4v) is 6.93. The first kappa shape index (κ1) is 26.3. The number of methoxy groups -OCH3 is 2. The third-order valence-corrected chi connectivity index (χ3v) is 9.22. The number of carbonyl (C=O) groups excluding carboxylic acids is 3. The van der Waals surface area contributed by atoms with Gasteiger partial charge < -0.3 is 14.0 Å². The first-order valence-corrected chi connectivity index (χ1v) is 14.1. The van der Waals surface area contributed by atoms with E-state index in [1.54, 1.807) is 30.3 Å². The molecule has 200 valence electrons. The molecule has 0 saturated carbocycles. The lowest BCUT2D eigenvalue weighted by atomic mass is 10.2. The number of fused-ring (bicyclic) bond motifs is 2. The van der Waals surface area contributed by atoms with Crippen LogP contribution in [0, 0.1) is 0 Å². The highest BCUT2D eigenvalue weighted by molar-refractivity contribution is 7.92. The summed E-state index contributed by atoms with van der Waals surface area (Å²) >= 11 is 1.12. The van der Waals surface area contributed by atoms with Crippen LogP contribution in [0.4, 0.5) is 5.69 Å². The molecule has 1 aromatic heterocycles. The van der Waals surface area contributed by atoms with Crippen LogP contribution in [0.2, 0.25) is 0 Å². The number of benzene rings is 3. The maximum absolute atomic E-state index is 13.3. The van der Waals surface area contributed by atoms with Gasteiger partial charge >= 0.3 is 11.9 Å². The second kappa shape index (κ2) is 10.5. The second-order valence-electron chi connectivity index (χ2n) is 8.62. The average Bonchev–Trinajstić information content (AvgIpc) is 3.54. The van der Waals surface area contributed by atoms with Crippen LogP contribution >= 0.6 is 11.3 Å². The highest BCUT2D eigenvalue weighted by Crippen LogP contribution is 2.32. The summed E-state index contributed by atoms with van der Waals surface area (Å²) in [5.74, 6) is -1.69. The smallest absolute Gasteiger partial charge is 0.337 e. The normalized spacial score (nSPS) is 13.4. The van der Waals surface area contributed by atoms with Crippen molar-refractivity contribution in [2.24, 2.45) is 4.99 Å². The molecule has 0 aliphatic carbocycles.